The summed E-state index contributed by atoms with van der Waals surface area (Å²) < 4.78 is 23.5. The molecule has 14 heteroatoms. The number of likely N-dealkylation sites (tertiary alicyclic amines) is 1. The van der Waals surface area contributed by atoms with Crippen molar-refractivity contribution in [3.05, 3.63) is 50.9 Å². The zero-order chi connectivity index (χ0) is 31.1. The number of nitrogens with one attached hydrogen (secondary N) is 1. The van der Waals surface area contributed by atoms with Gasteiger partial charge in [0.1, 0.15) is 17.1 Å². The van der Waals surface area contributed by atoms with Crippen molar-refractivity contribution in [1.82, 2.24) is 24.3 Å². The van der Waals surface area contributed by atoms with Gasteiger partial charge in [-0.05, 0) is 20.2 Å². The van der Waals surface area contributed by atoms with Crippen LogP contribution >= 0.6 is 23.2 Å². The fourth-order valence-electron chi connectivity index (χ4n) is 4.52. The molecule has 0 unspecified atom stereocenters. The van der Waals surface area contributed by atoms with Crippen molar-refractivity contribution in [3.8, 4) is 22.6 Å². The minimum absolute atomic E-state index is 0.0516. The number of amides is 1. The summed E-state index contributed by atoms with van der Waals surface area (Å²) >= 11 is 13.4. The fourth-order valence-corrected chi connectivity index (χ4v) is 5.23. The lowest BCUT2D eigenvalue weighted by Gasteiger charge is -2.38. The fraction of sp³-hybridized carbons (Fsp3) is 0.448. The van der Waals surface area contributed by atoms with Gasteiger partial charge in [-0.25, -0.2) is 4.98 Å². The molecule has 0 atom stereocenters. The van der Waals surface area contributed by atoms with E-state index in [-0.39, 0.29) is 51.9 Å². The Labute approximate surface area is 260 Å². The highest BCUT2D eigenvalue weighted by molar-refractivity contribution is 6.41. The first kappa shape index (κ1) is 32.5. The largest absolute Gasteiger partial charge is 0.495 e. The monoisotopic (exact) mass is 634 g/mol. The third-order valence-corrected chi connectivity index (χ3v) is 7.57. The SMILES string of the molecule is COCCNc1ncc2cc(-c3c(Cl)c(OC)cc(OC)c3Cl)c(=O)n(CCOC3CN(C(=O)/C=C/CN(C)C)C3)c2n1. The van der Waals surface area contributed by atoms with Crippen LogP contribution in [-0.4, -0.2) is 111 Å². The Bertz CT molecular complexity index is 1510. The number of anilines is 1. The van der Waals surface area contributed by atoms with Gasteiger partial charge in [0.15, 0.2) is 0 Å². The lowest BCUT2D eigenvalue weighted by molar-refractivity contribution is -0.139. The smallest absolute Gasteiger partial charge is 0.260 e. The number of hydrogen-bond donors (Lipinski definition) is 1. The Hall–Kier alpha value is -3.42. The van der Waals surface area contributed by atoms with Crippen LogP contribution < -0.4 is 20.3 Å². The van der Waals surface area contributed by atoms with Crippen molar-refractivity contribution >= 4 is 46.1 Å². The van der Waals surface area contributed by atoms with Crippen molar-refractivity contribution in [2.24, 2.45) is 0 Å². The van der Waals surface area contributed by atoms with Crippen LogP contribution in [0.3, 0.4) is 0 Å². The maximum atomic E-state index is 14.1. The molecule has 1 N–H and O–H groups in total. The van der Waals surface area contributed by atoms with E-state index in [9.17, 15) is 9.59 Å². The summed E-state index contributed by atoms with van der Waals surface area (Å²) in [6.07, 6.45) is 4.90. The summed E-state index contributed by atoms with van der Waals surface area (Å²) in [7, 11) is 8.41. The van der Waals surface area contributed by atoms with E-state index in [1.807, 2.05) is 25.1 Å². The summed E-state index contributed by atoms with van der Waals surface area (Å²) in [5, 5.41) is 4.02. The molecule has 3 heterocycles. The van der Waals surface area contributed by atoms with E-state index < -0.39 is 0 Å². The first-order valence-corrected chi connectivity index (χ1v) is 14.4. The number of nitrogens with zero attached hydrogens (tertiary/aromatic N) is 5. The second-order valence-corrected chi connectivity index (χ2v) is 10.8. The van der Waals surface area contributed by atoms with Gasteiger partial charge in [-0.3, -0.25) is 14.2 Å². The van der Waals surface area contributed by atoms with Crippen LogP contribution in [-0.2, 0) is 20.8 Å². The number of carbonyl (C=O) groups is 1. The van der Waals surface area contributed by atoms with E-state index in [1.165, 1.54) is 18.8 Å². The molecule has 1 aliphatic heterocycles. The highest BCUT2D eigenvalue weighted by Crippen LogP contribution is 2.45. The quantitative estimate of drug-likeness (QED) is 0.209. The van der Waals surface area contributed by atoms with E-state index in [1.54, 1.807) is 36.4 Å². The molecule has 43 heavy (non-hydrogen) atoms. The van der Waals surface area contributed by atoms with Crippen LogP contribution in [0.2, 0.25) is 10.0 Å². The molecule has 1 amide bonds. The standard InChI is InChI=1S/C29H36Cl2N6O6/c1-35(2)9-6-7-23(38)36-16-19(17-36)43-12-10-37-27-18(15-33-29(34-27)32-8-11-40-3)13-20(28(37)39)24-25(30)21(41-4)14-22(42-5)26(24)31/h6-7,13-15,19H,8-12,16-17H2,1-5H3,(H,32,33,34)/b7-6+. The van der Waals surface area contributed by atoms with Crippen LogP contribution in [0.4, 0.5) is 5.95 Å². The van der Waals surface area contributed by atoms with Crippen molar-refractivity contribution in [2.45, 2.75) is 12.6 Å². The number of carbonyl (C=O) groups excluding carboxylic acids is 1. The van der Waals surface area contributed by atoms with E-state index in [0.29, 0.717) is 61.3 Å². The Morgan fingerprint density at radius 1 is 1.12 bits per heavy atom. The molecular formula is C29H36Cl2N6O6. The maximum Gasteiger partial charge on any atom is 0.260 e. The number of likely N-dealkylation sites (N-methyl/N-ethyl adjacent to an activating group) is 1. The number of ether oxygens (including phenoxy) is 4. The maximum absolute atomic E-state index is 14.1. The van der Waals surface area contributed by atoms with Crippen molar-refractivity contribution in [1.29, 1.82) is 0 Å². The normalized spacial score (nSPS) is 13.6. The van der Waals surface area contributed by atoms with E-state index >= 15 is 0 Å². The predicted octanol–water partition coefficient (Wildman–Crippen LogP) is 3.19. The van der Waals surface area contributed by atoms with Crippen LogP contribution in [0.5, 0.6) is 11.5 Å². The molecule has 1 saturated heterocycles. The summed E-state index contributed by atoms with van der Waals surface area (Å²) in [6, 6.07) is 3.21. The summed E-state index contributed by atoms with van der Waals surface area (Å²) in [5.41, 5.74) is 0.534. The van der Waals surface area contributed by atoms with Crippen LogP contribution in [0.15, 0.2) is 35.3 Å². The summed E-state index contributed by atoms with van der Waals surface area (Å²) in [6.45, 7) is 2.98. The number of rotatable bonds is 14. The molecule has 1 aliphatic rings. The highest BCUT2D eigenvalue weighted by atomic mass is 35.5. The molecule has 0 bridgehead atoms. The molecule has 1 aromatic carbocycles. The minimum atomic E-state index is -0.381. The first-order valence-electron chi connectivity index (χ1n) is 13.6. The topological polar surface area (TPSA) is 120 Å². The van der Waals surface area contributed by atoms with Gasteiger partial charge in [0.05, 0.1) is 55.7 Å². The molecule has 0 aliphatic carbocycles. The van der Waals surface area contributed by atoms with Gasteiger partial charge < -0.3 is 34.1 Å². The minimum Gasteiger partial charge on any atom is -0.495 e. The average Bonchev–Trinajstić information content (AvgIpc) is 2.95. The number of benzene rings is 1. The molecule has 0 radical (unpaired) electrons. The lowest BCUT2D eigenvalue weighted by Crippen LogP contribution is -2.54. The number of methoxy groups -OCH3 is 3. The molecule has 0 saturated carbocycles. The van der Waals surface area contributed by atoms with E-state index in [2.05, 4.69) is 15.3 Å². The van der Waals surface area contributed by atoms with Crippen molar-refractivity contribution in [3.63, 3.8) is 0 Å². The second-order valence-electron chi connectivity index (χ2n) is 10.1. The Morgan fingerprint density at radius 3 is 2.44 bits per heavy atom. The Morgan fingerprint density at radius 2 is 1.81 bits per heavy atom. The summed E-state index contributed by atoms with van der Waals surface area (Å²) in [4.78, 5) is 39.1. The third kappa shape index (κ3) is 7.57. The molecule has 12 nitrogen and oxygen atoms in total. The van der Waals surface area contributed by atoms with Crippen LogP contribution in [0.25, 0.3) is 22.2 Å². The zero-order valence-corrected chi connectivity index (χ0v) is 26.4. The molecule has 4 rings (SSSR count). The zero-order valence-electron chi connectivity index (χ0n) is 24.9. The number of hydrogen-bond acceptors (Lipinski definition) is 10. The third-order valence-electron chi connectivity index (χ3n) is 6.82. The van der Waals surface area contributed by atoms with Crippen molar-refractivity contribution in [2.75, 3.05) is 80.1 Å². The van der Waals surface area contributed by atoms with Crippen LogP contribution in [0, 0.1) is 0 Å². The summed E-state index contributed by atoms with van der Waals surface area (Å²) in [5.74, 6) is 0.911. The average molecular weight is 636 g/mol. The molecule has 1 fully saturated rings. The lowest BCUT2D eigenvalue weighted by atomic mass is 10.0. The van der Waals surface area contributed by atoms with Gasteiger partial charge in [0.25, 0.3) is 5.56 Å². The van der Waals surface area contributed by atoms with Crippen LogP contribution in [0.1, 0.15) is 0 Å². The van der Waals surface area contributed by atoms with Gasteiger partial charge in [0.2, 0.25) is 11.9 Å². The number of pyridine rings is 1. The van der Waals surface area contributed by atoms with E-state index in [0.717, 1.165) is 0 Å². The van der Waals surface area contributed by atoms with E-state index in [4.69, 9.17) is 42.1 Å². The molecular weight excluding hydrogens is 599 g/mol. The van der Waals surface area contributed by atoms with Gasteiger partial charge in [0, 0.05) is 62.6 Å². The Balaban J connectivity index is 1.62. The first-order chi connectivity index (χ1) is 20.7. The second kappa shape index (κ2) is 14.8. The highest BCUT2D eigenvalue weighted by Gasteiger charge is 2.30. The molecule has 3 aromatic rings. The predicted molar refractivity (Wildman–Crippen MR) is 167 cm³/mol. The Kier molecular flexibility index (Phi) is 11.2. The molecule has 0 spiro atoms. The number of fused-ring (bicyclic) bond motifs is 1. The van der Waals surface area contributed by atoms with Gasteiger partial charge in [-0.15, -0.1) is 0 Å². The van der Waals surface area contributed by atoms with Gasteiger partial charge in [-0.2, -0.15) is 4.98 Å². The molecule has 232 valence electrons. The van der Waals surface area contributed by atoms with Crippen molar-refractivity contribution < 1.29 is 23.7 Å². The number of aromatic nitrogens is 3. The number of halogens is 2. The van der Waals surface area contributed by atoms with Gasteiger partial charge >= 0.3 is 0 Å². The molecule has 2 aromatic heterocycles. The van der Waals surface area contributed by atoms with Gasteiger partial charge in [-0.1, -0.05) is 29.3 Å².